The zero-order valence-corrected chi connectivity index (χ0v) is 11.1. The van der Waals surface area contributed by atoms with Crippen LogP contribution in [0.5, 0.6) is 0 Å². The third-order valence-corrected chi connectivity index (χ3v) is 3.93. The van der Waals surface area contributed by atoms with Crippen molar-refractivity contribution in [2.75, 3.05) is 13.6 Å². The lowest BCUT2D eigenvalue weighted by Gasteiger charge is -2.23. The number of hydrogen-bond donors (Lipinski definition) is 1. The van der Waals surface area contributed by atoms with E-state index in [0.717, 1.165) is 24.9 Å². The first-order valence-electron chi connectivity index (χ1n) is 6.57. The van der Waals surface area contributed by atoms with Gasteiger partial charge in [-0.2, -0.15) is 0 Å². The Hall–Kier alpha value is -0.860. The molecule has 0 aromatic heterocycles. The van der Waals surface area contributed by atoms with Crippen molar-refractivity contribution < 1.29 is 5.11 Å². The molecule has 1 heterocycles. The van der Waals surface area contributed by atoms with Crippen molar-refractivity contribution in [2.45, 2.75) is 44.8 Å². The van der Waals surface area contributed by atoms with E-state index in [9.17, 15) is 5.11 Å². The SMILES string of the molecule is CCCc1ccc(C2(O)CC(C)N(C)C2)cc1. The quantitative estimate of drug-likeness (QED) is 0.867. The van der Waals surface area contributed by atoms with E-state index >= 15 is 0 Å². The van der Waals surface area contributed by atoms with E-state index in [1.54, 1.807) is 0 Å². The highest BCUT2D eigenvalue weighted by Gasteiger charge is 2.40. The van der Waals surface area contributed by atoms with E-state index in [1.165, 1.54) is 12.0 Å². The molecule has 1 aliphatic rings. The van der Waals surface area contributed by atoms with Gasteiger partial charge in [-0.05, 0) is 37.9 Å². The fraction of sp³-hybridized carbons (Fsp3) is 0.600. The summed E-state index contributed by atoms with van der Waals surface area (Å²) in [6.45, 7) is 5.10. The molecule has 0 bridgehead atoms. The maximum Gasteiger partial charge on any atom is 0.104 e. The van der Waals surface area contributed by atoms with Crippen LogP contribution in [0.15, 0.2) is 24.3 Å². The number of likely N-dealkylation sites (N-methyl/N-ethyl adjacent to an activating group) is 1. The number of benzene rings is 1. The Bertz CT molecular complexity index is 361. The van der Waals surface area contributed by atoms with Gasteiger partial charge in [0.15, 0.2) is 0 Å². The van der Waals surface area contributed by atoms with Gasteiger partial charge >= 0.3 is 0 Å². The lowest BCUT2D eigenvalue weighted by molar-refractivity contribution is 0.0486. The largest absolute Gasteiger partial charge is 0.384 e. The van der Waals surface area contributed by atoms with E-state index in [1.807, 2.05) is 0 Å². The Balaban J connectivity index is 2.17. The fourth-order valence-electron chi connectivity index (χ4n) is 2.76. The molecule has 0 amide bonds. The molecular weight excluding hydrogens is 210 g/mol. The van der Waals surface area contributed by atoms with Crippen LogP contribution in [0, 0.1) is 0 Å². The molecule has 2 rings (SSSR count). The zero-order chi connectivity index (χ0) is 12.5. The van der Waals surface area contributed by atoms with Gasteiger partial charge in [0, 0.05) is 12.6 Å². The smallest absolute Gasteiger partial charge is 0.104 e. The molecular formula is C15H23NO. The molecule has 0 spiro atoms. The first-order valence-corrected chi connectivity index (χ1v) is 6.57. The van der Waals surface area contributed by atoms with Crippen LogP contribution in [0.1, 0.15) is 37.8 Å². The molecule has 2 nitrogen and oxygen atoms in total. The minimum atomic E-state index is -0.654. The van der Waals surface area contributed by atoms with Crippen molar-refractivity contribution >= 4 is 0 Å². The molecule has 1 saturated heterocycles. The second kappa shape index (κ2) is 4.79. The maximum atomic E-state index is 10.7. The van der Waals surface area contributed by atoms with Crippen molar-refractivity contribution in [3.05, 3.63) is 35.4 Å². The molecule has 94 valence electrons. The van der Waals surface area contributed by atoms with Gasteiger partial charge in [-0.15, -0.1) is 0 Å². The van der Waals surface area contributed by atoms with Crippen LogP contribution in [-0.4, -0.2) is 29.6 Å². The summed E-state index contributed by atoms with van der Waals surface area (Å²) in [5.74, 6) is 0. The van der Waals surface area contributed by atoms with E-state index < -0.39 is 5.60 Å². The number of likely N-dealkylation sites (tertiary alicyclic amines) is 1. The lowest BCUT2D eigenvalue weighted by Crippen LogP contribution is -2.29. The van der Waals surface area contributed by atoms with Crippen LogP contribution in [-0.2, 0) is 12.0 Å². The van der Waals surface area contributed by atoms with Crippen molar-refractivity contribution in [2.24, 2.45) is 0 Å². The zero-order valence-electron chi connectivity index (χ0n) is 11.1. The molecule has 0 saturated carbocycles. The van der Waals surface area contributed by atoms with E-state index in [0.29, 0.717) is 6.04 Å². The highest BCUT2D eigenvalue weighted by atomic mass is 16.3. The lowest BCUT2D eigenvalue weighted by atomic mass is 9.90. The number of aryl methyl sites for hydroxylation is 1. The van der Waals surface area contributed by atoms with E-state index in [4.69, 9.17) is 0 Å². The summed E-state index contributed by atoms with van der Waals surface area (Å²) in [4.78, 5) is 2.22. The first-order chi connectivity index (χ1) is 8.05. The summed E-state index contributed by atoms with van der Waals surface area (Å²) in [5, 5.41) is 10.7. The number of rotatable bonds is 3. The number of hydrogen-bond acceptors (Lipinski definition) is 2. The van der Waals surface area contributed by atoms with Gasteiger partial charge in [-0.3, -0.25) is 0 Å². The van der Waals surface area contributed by atoms with Gasteiger partial charge in [0.05, 0.1) is 0 Å². The van der Waals surface area contributed by atoms with Gasteiger partial charge < -0.3 is 10.0 Å². The Morgan fingerprint density at radius 2 is 2.00 bits per heavy atom. The molecule has 0 radical (unpaired) electrons. The highest BCUT2D eigenvalue weighted by molar-refractivity contribution is 5.29. The second-order valence-corrected chi connectivity index (χ2v) is 5.45. The molecule has 1 aromatic rings. The fourth-order valence-corrected chi connectivity index (χ4v) is 2.76. The average Bonchev–Trinajstić information content (AvgIpc) is 2.55. The molecule has 0 aliphatic carbocycles. The predicted molar refractivity (Wildman–Crippen MR) is 71.0 cm³/mol. The minimum absolute atomic E-state index is 0.454. The third-order valence-electron chi connectivity index (χ3n) is 3.93. The number of nitrogens with zero attached hydrogens (tertiary/aromatic N) is 1. The molecule has 2 unspecified atom stereocenters. The van der Waals surface area contributed by atoms with Gasteiger partial charge in [-0.25, -0.2) is 0 Å². The molecule has 2 atom stereocenters. The number of β-amino-alcohol motifs (C(OH)–C–C–N with tert-alkyl or cyclic N) is 1. The summed E-state index contributed by atoms with van der Waals surface area (Å²) in [6, 6.07) is 8.95. The monoisotopic (exact) mass is 233 g/mol. The topological polar surface area (TPSA) is 23.5 Å². The Morgan fingerprint density at radius 1 is 1.35 bits per heavy atom. The van der Waals surface area contributed by atoms with Gasteiger partial charge in [0.2, 0.25) is 0 Å². The summed E-state index contributed by atoms with van der Waals surface area (Å²) in [6.07, 6.45) is 3.12. The van der Waals surface area contributed by atoms with E-state index in [-0.39, 0.29) is 0 Å². The van der Waals surface area contributed by atoms with Crippen molar-refractivity contribution in [1.29, 1.82) is 0 Å². The molecule has 1 fully saturated rings. The highest BCUT2D eigenvalue weighted by Crippen LogP contribution is 2.34. The van der Waals surface area contributed by atoms with Crippen LogP contribution < -0.4 is 0 Å². The average molecular weight is 233 g/mol. The van der Waals surface area contributed by atoms with Gasteiger partial charge in [0.1, 0.15) is 5.60 Å². The summed E-state index contributed by atoms with van der Waals surface area (Å²) < 4.78 is 0. The Labute approximate surface area is 104 Å². The first kappa shape index (κ1) is 12.6. The van der Waals surface area contributed by atoms with Crippen LogP contribution in [0.4, 0.5) is 0 Å². The summed E-state index contributed by atoms with van der Waals surface area (Å²) in [7, 11) is 2.08. The second-order valence-electron chi connectivity index (χ2n) is 5.45. The van der Waals surface area contributed by atoms with Crippen molar-refractivity contribution in [3.63, 3.8) is 0 Å². The third kappa shape index (κ3) is 2.53. The van der Waals surface area contributed by atoms with Crippen LogP contribution in [0.2, 0.25) is 0 Å². The van der Waals surface area contributed by atoms with Crippen LogP contribution in [0.3, 0.4) is 0 Å². The number of aliphatic hydroxyl groups is 1. The van der Waals surface area contributed by atoms with Crippen molar-refractivity contribution in [3.8, 4) is 0 Å². The summed E-state index contributed by atoms with van der Waals surface area (Å²) >= 11 is 0. The van der Waals surface area contributed by atoms with Crippen LogP contribution in [0.25, 0.3) is 0 Å². The standard InChI is InChI=1S/C15H23NO/c1-4-5-13-6-8-14(9-7-13)15(17)10-12(2)16(3)11-15/h6-9,12,17H,4-5,10-11H2,1-3H3. The summed E-state index contributed by atoms with van der Waals surface area (Å²) in [5.41, 5.74) is 1.77. The molecule has 1 aliphatic heterocycles. The molecule has 17 heavy (non-hydrogen) atoms. The molecule has 1 N–H and O–H groups in total. The normalized spacial score (nSPS) is 29.8. The Morgan fingerprint density at radius 3 is 2.47 bits per heavy atom. The van der Waals surface area contributed by atoms with E-state index in [2.05, 4.69) is 50.1 Å². The Kier molecular flexibility index (Phi) is 3.55. The maximum absolute atomic E-state index is 10.7. The van der Waals surface area contributed by atoms with Crippen molar-refractivity contribution in [1.82, 2.24) is 4.90 Å². The van der Waals surface area contributed by atoms with Gasteiger partial charge in [-0.1, -0.05) is 37.6 Å². The van der Waals surface area contributed by atoms with Crippen LogP contribution >= 0.6 is 0 Å². The minimum Gasteiger partial charge on any atom is -0.384 e. The molecule has 1 aromatic carbocycles. The van der Waals surface area contributed by atoms with Gasteiger partial charge in [0.25, 0.3) is 0 Å². The predicted octanol–water partition coefficient (Wildman–Crippen LogP) is 2.55. The molecule has 2 heteroatoms.